The summed E-state index contributed by atoms with van der Waals surface area (Å²) in [6.07, 6.45) is 1.65. The number of benzene rings is 3. The first kappa shape index (κ1) is 31.4. The number of anilines is 1. The van der Waals surface area contributed by atoms with Crippen LogP contribution in [0.4, 0.5) is 10.1 Å². The van der Waals surface area contributed by atoms with Crippen LogP contribution in [0.3, 0.4) is 0 Å². The fraction of sp³-hybridized carbons (Fsp3) is 0.333. The Morgan fingerprint density at radius 2 is 1.61 bits per heavy atom. The third kappa shape index (κ3) is 7.97. The molecule has 0 spiro atoms. The molecular formula is C30H36FN3O6S. The number of hydrogen-bond donors (Lipinski definition) is 1. The van der Waals surface area contributed by atoms with E-state index >= 15 is 0 Å². The zero-order valence-corrected chi connectivity index (χ0v) is 24.5. The Morgan fingerprint density at radius 3 is 2.22 bits per heavy atom. The molecule has 0 saturated carbocycles. The average molecular weight is 586 g/mol. The lowest BCUT2D eigenvalue weighted by Gasteiger charge is -2.32. The van der Waals surface area contributed by atoms with Crippen molar-refractivity contribution < 1.29 is 31.9 Å². The molecule has 1 atom stereocenters. The van der Waals surface area contributed by atoms with Gasteiger partial charge in [0.25, 0.3) is 10.0 Å². The molecule has 0 aromatic heterocycles. The molecule has 0 aliphatic carbocycles. The first-order chi connectivity index (χ1) is 19.6. The molecule has 1 unspecified atom stereocenters. The van der Waals surface area contributed by atoms with Crippen LogP contribution in [0.25, 0.3) is 0 Å². The van der Waals surface area contributed by atoms with Crippen molar-refractivity contribution in [2.45, 2.75) is 44.2 Å². The van der Waals surface area contributed by atoms with Crippen LogP contribution in [0.5, 0.6) is 11.5 Å². The standard InChI is InChI=1S/C30H36FN3O6S/c1-5-6-19-32-30(36)22(2)33(20-23-11-13-24(31)14-12-23)29(35)21-34(27-9-7-8-10-28(27)40-4)41(37,38)26-17-15-25(39-3)16-18-26/h7-18,22H,5-6,19-21H2,1-4H3,(H,32,36). The van der Waals surface area contributed by atoms with Crippen LogP contribution < -0.4 is 19.1 Å². The van der Waals surface area contributed by atoms with Gasteiger partial charge in [-0.3, -0.25) is 13.9 Å². The Bertz CT molecular complexity index is 1410. The molecule has 0 saturated heterocycles. The number of unbranched alkanes of at least 4 members (excludes halogenated alkanes) is 1. The number of para-hydroxylation sites is 2. The molecule has 9 nitrogen and oxygen atoms in total. The number of halogens is 1. The van der Waals surface area contributed by atoms with Crippen LogP contribution in [-0.4, -0.2) is 58.5 Å². The smallest absolute Gasteiger partial charge is 0.264 e. The lowest BCUT2D eigenvalue weighted by atomic mass is 10.1. The normalized spacial score (nSPS) is 11.8. The van der Waals surface area contributed by atoms with Crippen molar-refractivity contribution in [3.8, 4) is 11.5 Å². The number of hydrogen-bond acceptors (Lipinski definition) is 6. The van der Waals surface area contributed by atoms with E-state index in [1.54, 1.807) is 31.2 Å². The summed E-state index contributed by atoms with van der Waals surface area (Å²) in [5.41, 5.74) is 0.732. The molecule has 0 aliphatic rings. The molecule has 0 fully saturated rings. The summed E-state index contributed by atoms with van der Waals surface area (Å²) in [6, 6.07) is 16.9. The van der Waals surface area contributed by atoms with Gasteiger partial charge in [0.05, 0.1) is 24.8 Å². The van der Waals surface area contributed by atoms with Crippen LogP contribution in [0.1, 0.15) is 32.3 Å². The van der Waals surface area contributed by atoms with Gasteiger partial charge in [0, 0.05) is 13.1 Å². The number of rotatable bonds is 14. The molecule has 11 heteroatoms. The highest BCUT2D eigenvalue weighted by Gasteiger charge is 2.33. The Balaban J connectivity index is 2.03. The molecular weight excluding hydrogens is 549 g/mol. The van der Waals surface area contributed by atoms with E-state index in [4.69, 9.17) is 9.47 Å². The number of amides is 2. The Labute approximate surface area is 240 Å². The minimum Gasteiger partial charge on any atom is -0.497 e. The van der Waals surface area contributed by atoms with E-state index in [0.717, 1.165) is 17.1 Å². The minimum absolute atomic E-state index is 0.0379. The SMILES string of the molecule is CCCCNC(=O)C(C)N(Cc1ccc(F)cc1)C(=O)CN(c1ccccc1OC)S(=O)(=O)c1ccc(OC)cc1. The zero-order chi connectivity index (χ0) is 30.0. The Hall–Kier alpha value is -4.12. The maximum Gasteiger partial charge on any atom is 0.264 e. The first-order valence-corrected chi connectivity index (χ1v) is 14.7. The summed E-state index contributed by atoms with van der Waals surface area (Å²) in [5, 5.41) is 2.83. The monoisotopic (exact) mass is 585 g/mol. The number of carbonyl (C=O) groups is 2. The Morgan fingerprint density at radius 1 is 0.951 bits per heavy atom. The second kappa shape index (κ2) is 14.5. The van der Waals surface area contributed by atoms with Gasteiger partial charge in [-0.1, -0.05) is 37.6 Å². The molecule has 3 rings (SSSR count). The summed E-state index contributed by atoms with van der Waals surface area (Å²) in [7, 11) is -1.41. The van der Waals surface area contributed by atoms with Crippen molar-refractivity contribution in [2.24, 2.45) is 0 Å². The predicted octanol–water partition coefficient (Wildman–Crippen LogP) is 4.37. The predicted molar refractivity (Wildman–Crippen MR) is 155 cm³/mol. The summed E-state index contributed by atoms with van der Waals surface area (Å²) in [5.74, 6) is -0.735. The quantitative estimate of drug-likeness (QED) is 0.282. The molecule has 0 bridgehead atoms. The van der Waals surface area contributed by atoms with E-state index in [0.29, 0.717) is 17.9 Å². The van der Waals surface area contributed by atoms with Gasteiger partial charge in [-0.05, 0) is 67.4 Å². The van der Waals surface area contributed by atoms with Gasteiger partial charge in [-0.15, -0.1) is 0 Å². The van der Waals surface area contributed by atoms with Crippen LogP contribution in [0.2, 0.25) is 0 Å². The van der Waals surface area contributed by atoms with Crippen molar-refractivity contribution in [1.82, 2.24) is 10.2 Å². The van der Waals surface area contributed by atoms with Crippen LogP contribution in [0, 0.1) is 5.82 Å². The number of carbonyl (C=O) groups excluding carboxylic acids is 2. The van der Waals surface area contributed by atoms with E-state index in [1.165, 1.54) is 67.7 Å². The Kier molecular flexibility index (Phi) is 11.1. The van der Waals surface area contributed by atoms with Crippen molar-refractivity contribution in [1.29, 1.82) is 0 Å². The first-order valence-electron chi connectivity index (χ1n) is 13.2. The third-order valence-electron chi connectivity index (χ3n) is 6.54. The van der Waals surface area contributed by atoms with Crippen LogP contribution in [0.15, 0.2) is 77.7 Å². The highest BCUT2D eigenvalue weighted by atomic mass is 32.2. The molecule has 220 valence electrons. The van der Waals surface area contributed by atoms with E-state index in [1.807, 2.05) is 6.92 Å². The van der Waals surface area contributed by atoms with Gasteiger partial charge >= 0.3 is 0 Å². The molecule has 41 heavy (non-hydrogen) atoms. The fourth-order valence-corrected chi connectivity index (χ4v) is 5.55. The van der Waals surface area contributed by atoms with Crippen molar-refractivity contribution in [2.75, 3.05) is 31.6 Å². The van der Waals surface area contributed by atoms with E-state index < -0.39 is 34.3 Å². The maximum atomic E-state index is 14.0. The van der Waals surface area contributed by atoms with Crippen LogP contribution in [-0.2, 0) is 26.2 Å². The van der Waals surface area contributed by atoms with Gasteiger partial charge in [-0.25, -0.2) is 12.8 Å². The van der Waals surface area contributed by atoms with E-state index in [-0.39, 0.29) is 28.8 Å². The number of methoxy groups -OCH3 is 2. The second-order valence-electron chi connectivity index (χ2n) is 9.33. The minimum atomic E-state index is -4.28. The fourth-order valence-electron chi connectivity index (χ4n) is 4.13. The van der Waals surface area contributed by atoms with Gasteiger partial charge in [0.1, 0.15) is 29.9 Å². The number of ether oxygens (including phenoxy) is 2. The van der Waals surface area contributed by atoms with E-state index in [2.05, 4.69) is 5.32 Å². The lowest BCUT2D eigenvalue weighted by molar-refractivity contribution is -0.139. The zero-order valence-electron chi connectivity index (χ0n) is 23.7. The van der Waals surface area contributed by atoms with Crippen molar-refractivity contribution in [3.05, 3.63) is 84.2 Å². The highest BCUT2D eigenvalue weighted by molar-refractivity contribution is 7.92. The largest absolute Gasteiger partial charge is 0.497 e. The molecule has 1 N–H and O–H groups in total. The summed E-state index contributed by atoms with van der Waals surface area (Å²) < 4.78 is 53.1. The van der Waals surface area contributed by atoms with Crippen molar-refractivity contribution >= 4 is 27.5 Å². The molecule has 3 aromatic rings. The topological polar surface area (TPSA) is 105 Å². The molecule has 0 heterocycles. The number of nitrogens with zero attached hydrogens (tertiary/aromatic N) is 2. The second-order valence-corrected chi connectivity index (χ2v) is 11.2. The lowest BCUT2D eigenvalue weighted by Crippen LogP contribution is -2.51. The molecule has 0 aliphatic heterocycles. The van der Waals surface area contributed by atoms with Gasteiger partial charge < -0.3 is 19.7 Å². The number of sulfonamides is 1. The molecule has 3 aromatic carbocycles. The van der Waals surface area contributed by atoms with Crippen LogP contribution >= 0.6 is 0 Å². The average Bonchev–Trinajstić information content (AvgIpc) is 2.99. The van der Waals surface area contributed by atoms with Gasteiger partial charge in [0.15, 0.2) is 0 Å². The third-order valence-corrected chi connectivity index (χ3v) is 8.32. The number of nitrogens with one attached hydrogen (secondary N) is 1. The molecule has 2 amide bonds. The van der Waals surface area contributed by atoms with E-state index in [9.17, 15) is 22.4 Å². The van der Waals surface area contributed by atoms with Gasteiger partial charge in [-0.2, -0.15) is 0 Å². The summed E-state index contributed by atoms with van der Waals surface area (Å²) in [4.78, 5) is 28.2. The summed E-state index contributed by atoms with van der Waals surface area (Å²) >= 11 is 0. The maximum absolute atomic E-state index is 14.0. The van der Waals surface area contributed by atoms with Crippen molar-refractivity contribution in [3.63, 3.8) is 0 Å². The summed E-state index contributed by atoms with van der Waals surface area (Å²) in [6.45, 7) is 3.35. The molecule has 0 radical (unpaired) electrons. The van der Waals surface area contributed by atoms with Gasteiger partial charge in [0.2, 0.25) is 11.8 Å². The highest BCUT2D eigenvalue weighted by Crippen LogP contribution is 2.33.